The van der Waals surface area contributed by atoms with Crippen molar-refractivity contribution in [3.8, 4) is 0 Å². The highest BCUT2D eigenvalue weighted by molar-refractivity contribution is 4.86. The van der Waals surface area contributed by atoms with Crippen LogP contribution in [0.1, 0.15) is 0 Å². The monoisotopic (exact) mass is 139 g/mol. The van der Waals surface area contributed by atoms with Gasteiger partial charge in [0.2, 0.25) is 0 Å². The standard InChI is InChI=1S/C6H9N3O/c1-2-4-7-9-6(10)3-5-8-9/h2-3,5,7-8H,1,4H2. The minimum absolute atomic E-state index is 0.0955. The van der Waals surface area contributed by atoms with Crippen LogP contribution in [0.25, 0.3) is 0 Å². The van der Waals surface area contributed by atoms with Gasteiger partial charge in [0.05, 0.1) is 6.54 Å². The van der Waals surface area contributed by atoms with Gasteiger partial charge in [0.25, 0.3) is 5.56 Å². The van der Waals surface area contributed by atoms with Crippen molar-refractivity contribution >= 4 is 0 Å². The lowest BCUT2D eigenvalue weighted by Gasteiger charge is -1.99. The summed E-state index contributed by atoms with van der Waals surface area (Å²) >= 11 is 0. The zero-order chi connectivity index (χ0) is 7.40. The molecule has 0 spiro atoms. The zero-order valence-corrected chi connectivity index (χ0v) is 5.50. The normalized spacial score (nSPS) is 9.20. The fourth-order valence-electron chi connectivity index (χ4n) is 0.601. The van der Waals surface area contributed by atoms with E-state index in [1.54, 1.807) is 12.3 Å². The summed E-state index contributed by atoms with van der Waals surface area (Å²) in [4.78, 5) is 12.1. The third-order valence-corrected chi connectivity index (χ3v) is 1.04. The molecule has 0 atom stereocenters. The molecule has 0 aliphatic rings. The molecule has 0 aliphatic heterocycles. The third kappa shape index (κ3) is 1.28. The summed E-state index contributed by atoms with van der Waals surface area (Å²) in [5.41, 5.74) is 2.68. The number of aromatic nitrogens is 2. The Morgan fingerprint density at radius 1 is 1.90 bits per heavy atom. The molecular formula is C6H9N3O. The molecule has 0 aromatic carbocycles. The van der Waals surface area contributed by atoms with Gasteiger partial charge in [0, 0.05) is 12.3 Å². The number of H-pyrrole nitrogens is 1. The van der Waals surface area contributed by atoms with Crippen LogP contribution in [0.5, 0.6) is 0 Å². The molecule has 10 heavy (non-hydrogen) atoms. The molecule has 0 amide bonds. The van der Waals surface area contributed by atoms with E-state index < -0.39 is 0 Å². The molecule has 0 fully saturated rings. The topological polar surface area (TPSA) is 49.8 Å². The summed E-state index contributed by atoms with van der Waals surface area (Å²) in [6.45, 7) is 4.07. The average Bonchev–Trinajstić information content (AvgIpc) is 2.31. The van der Waals surface area contributed by atoms with Crippen LogP contribution in [0.4, 0.5) is 0 Å². The van der Waals surface area contributed by atoms with Gasteiger partial charge in [-0.25, -0.2) is 0 Å². The minimum Gasteiger partial charge on any atom is -0.304 e. The maximum atomic E-state index is 10.8. The molecule has 0 bridgehead atoms. The van der Waals surface area contributed by atoms with Crippen molar-refractivity contribution in [1.29, 1.82) is 0 Å². The number of rotatable bonds is 3. The summed E-state index contributed by atoms with van der Waals surface area (Å²) in [6, 6.07) is 1.44. The largest absolute Gasteiger partial charge is 0.304 e. The minimum atomic E-state index is -0.0955. The number of nitrogens with one attached hydrogen (secondary N) is 2. The van der Waals surface area contributed by atoms with E-state index in [0.29, 0.717) is 6.54 Å². The molecule has 0 unspecified atom stereocenters. The van der Waals surface area contributed by atoms with Gasteiger partial charge < -0.3 is 5.43 Å². The number of nitrogens with zero attached hydrogens (tertiary/aromatic N) is 1. The SMILES string of the molecule is C=CCNn1[nH]ccc1=O. The third-order valence-electron chi connectivity index (χ3n) is 1.04. The fourth-order valence-corrected chi connectivity index (χ4v) is 0.601. The average molecular weight is 139 g/mol. The van der Waals surface area contributed by atoms with Crippen LogP contribution < -0.4 is 11.0 Å². The predicted octanol–water partition coefficient (Wildman–Crippen LogP) is -0.0941. The Balaban J connectivity index is 2.65. The zero-order valence-electron chi connectivity index (χ0n) is 5.50. The van der Waals surface area contributed by atoms with Crippen LogP contribution in [0.15, 0.2) is 29.7 Å². The molecular weight excluding hydrogens is 130 g/mol. The van der Waals surface area contributed by atoms with E-state index in [0.717, 1.165) is 0 Å². The molecule has 0 radical (unpaired) electrons. The van der Waals surface area contributed by atoms with Crippen molar-refractivity contribution in [2.45, 2.75) is 0 Å². The van der Waals surface area contributed by atoms with Gasteiger partial charge in [-0.1, -0.05) is 6.08 Å². The number of hydrogen-bond acceptors (Lipinski definition) is 2. The molecule has 54 valence electrons. The maximum absolute atomic E-state index is 10.8. The van der Waals surface area contributed by atoms with Gasteiger partial charge in [-0.2, -0.15) is 4.79 Å². The molecule has 2 N–H and O–H groups in total. The maximum Gasteiger partial charge on any atom is 0.285 e. The van der Waals surface area contributed by atoms with Crippen LogP contribution >= 0.6 is 0 Å². The molecule has 0 aliphatic carbocycles. The van der Waals surface area contributed by atoms with E-state index in [4.69, 9.17) is 0 Å². The van der Waals surface area contributed by atoms with E-state index in [9.17, 15) is 4.79 Å². The fraction of sp³-hybridized carbons (Fsp3) is 0.167. The van der Waals surface area contributed by atoms with Crippen molar-refractivity contribution in [2.24, 2.45) is 0 Å². The van der Waals surface area contributed by atoms with Crippen molar-refractivity contribution in [3.63, 3.8) is 0 Å². The lowest BCUT2D eigenvalue weighted by Crippen LogP contribution is -2.26. The number of hydrogen-bond donors (Lipinski definition) is 2. The smallest absolute Gasteiger partial charge is 0.285 e. The first-order valence-electron chi connectivity index (χ1n) is 2.96. The molecule has 0 saturated carbocycles. The Hall–Kier alpha value is -1.45. The first-order chi connectivity index (χ1) is 4.84. The van der Waals surface area contributed by atoms with E-state index in [2.05, 4.69) is 17.1 Å². The first kappa shape index (κ1) is 6.67. The van der Waals surface area contributed by atoms with Gasteiger partial charge >= 0.3 is 0 Å². The molecule has 0 saturated heterocycles. The van der Waals surface area contributed by atoms with E-state index >= 15 is 0 Å². The Kier molecular flexibility index (Phi) is 1.94. The van der Waals surface area contributed by atoms with Crippen molar-refractivity contribution < 1.29 is 0 Å². The molecule has 1 aromatic rings. The second kappa shape index (κ2) is 2.91. The highest BCUT2D eigenvalue weighted by Crippen LogP contribution is 1.68. The summed E-state index contributed by atoms with van der Waals surface area (Å²) in [5.74, 6) is 0. The van der Waals surface area contributed by atoms with Crippen LogP contribution in [0.2, 0.25) is 0 Å². The summed E-state index contributed by atoms with van der Waals surface area (Å²) in [7, 11) is 0. The van der Waals surface area contributed by atoms with Gasteiger partial charge in [-0.3, -0.25) is 9.89 Å². The van der Waals surface area contributed by atoms with Crippen LogP contribution in [-0.2, 0) is 0 Å². The van der Waals surface area contributed by atoms with Gasteiger partial charge in [0.1, 0.15) is 0 Å². The molecule has 4 nitrogen and oxygen atoms in total. The van der Waals surface area contributed by atoms with Crippen LogP contribution in [0, 0.1) is 0 Å². The summed E-state index contributed by atoms with van der Waals surface area (Å²) in [5, 5.41) is 2.69. The van der Waals surface area contributed by atoms with Crippen LogP contribution in [-0.4, -0.2) is 16.4 Å². The molecule has 4 heteroatoms. The van der Waals surface area contributed by atoms with Gasteiger partial charge in [0.15, 0.2) is 0 Å². The quantitative estimate of drug-likeness (QED) is 0.575. The van der Waals surface area contributed by atoms with E-state index in [-0.39, 0.29) is 5.56 Å². The van der Waals surface area contributed by atoms with Crippen molar-refractivity contribution in [2.75, 3.05) is 12.0 Å². The lowest BCUT2D eigenvalue weighted by atomic mass is 10.7. The summed E-state index contributed by atoms with van der Waals surface area (Å²) in [6.07, 6.45) is 3.24. The molecule has 1 aromatic heterocycles. The molecule has 1 heterocycles. The Morgan fingerprint density at radius 2 is 2.70 bits per heavy atom. The van der Waals surface area contributed by atoms with Crippen molar-refractivity contribution in [3.05, 3.63) is 35.3 Å². The highest BCUT2D eigenvalue weighted by atomic mass is 16.1. The van der Waals surface area contributed by atoms with E-state index in [1.165, 1.54) is 10.9 Å². The summed E-state index contributed by atoms with van der Waals surface area (Å²) < 4.78 is 0. The molecule has 1 rings (SSSR count). The Labute approximate surface area is 58.1 Å². The predicted molar refractivity (Wildman–Crippen MR) is 39.5 cm³/mol. The first-order valence-corrected chi connectivity index (χ1v) is 2.96. The highest BCUT2D eigenvalue weighted by Gasteiger charge is 1.88. The lowest BCUT2D eigenvalue weighted by molar-refractivity contribution is 0.735. The Morgan fingerprint density at radius 3 is 3.20 bits per heavy atom. The van der Waals surface area contributed by atoms with Gasteiger partial charge in [-0.15, -0.1) is 6.58 Å². The second-order valence-corrected chi connectivity index (χ2v) is 1.79. The number of aromatic amines is 1. The van der Waals surface area contributed by atoms with Crippen LogP contribution in [0.3, 0.4) is 0 Å². The van der Waals surface area contributed by atoms with Gasteiger partial charge in [-0.05, 0) is 0 Å². The van der Waals surface area contributed by atoms with E-state index in [1.807, 2.05) is 0 Å². The Bertz CT molecular complexity index is 260. The second-order valence-electron chi connectivity index (χ2n) is 1.79. The van der Waals surface area contributed by atoms with Crippen molar-refractivity contribution in [1.82, 2.24) is 9.89 Å².